The number of nitrogens with one attached hydrogen (secondary N) is 1. The first-order chi connectivity index (χ1) is 5.95. The monoisotopic (exact) mass is 204 g/mol. The van der Waals surface area contributed by atoms with E-state index in [2.05, 4.69) is 17.9 Å². The average molecular weight is 204 g/mol. The van der Waals surface area contributed by atoms with Crippen LogP contribution in [0.4, 0.5) is 0 Å². The molecule has 0 aromatic rings. The predicted octanol–water partition coefficient (Wildman–Crippen LogP) is -0.0676. The fourth-order valence-electron chi connectivity index (χ4n) is 0.716. The molecule has 13 heavy (non-hydrogen) atoms. The number of thiol groups is 1. The zero-order valence-corrected chi connectivity index (χ0v) is 8.80. The lowest BCUT2D eigenvalue weighted by Crippen LogP contribution is -2.36. The van der Waals surface area contributed by atoms with Gasteiger partial charge in [-0.1, -0.05) is 13.8 Å². The SMILES string of the molecule is CC(C)C(S)C(=O)NCCC(N)=O. The van der Waals surface area contributed by atoms with Crippen molar-refractivity contribution in [1.29, 1.82) is 0 Å². The van der Waals surface area contributed by atoms with E-state index in [1.165, 1.54) is 0 Å². The number of hydrogen-bond donors (Lipinski definition) is 3. The Labute approximate surface area is 83.7 Å². The molecule has 1 unspecified atom stereocenters. The first-order valence-corrected chi connectivity index (χ1v) is 4.71. The molecule has 0 bridgehead atoms. The van der Waals surface area contributed by atoms with Gasteiger partial charge in [0.05, 0.1) is 5.25 Å². The molecule has 3 N–H and O–H groups in total. The predicted molar refractivity (Wildman–Crippen MR) is 54.4 cm³/mol. The third-order valence-electron chi connectivity index (χ3n) is 1.57. The minimum absolute atomic E-state index is 0.153. The van der Waals surface area contributed by atoms with Gasteiger partial charge in [-0.25, -0.2) is 0 Å². The second kappa shape index (κ2) is 5.85. The van der Waals surface area contributed by atoms with E-state index in [0.29, 0.717) is 0 Å². The summed E-state index contributed by atoms with van der Waals surface area (Å²) < 4.78 is 0. The summed E-state index contributed by atoms with van der Waals surface area (Å²) in [5.41, 5.74) is 4.91. The molecule has 0 aliphatic rings. The van der Waals surface area contributed by atoms with E-state index in [1.807, 2.05) is 13.8 Å². The van der Waals surface area contributed by atoms with Crippen molar-refractivity contribution in [3.05, 3.63) is 0 Å². The van der Waals surface area contributed by atoms with Gasteiger partial charge in [-0.15, -0.1) is 0 Å². The zero-order chi connectivity index (χ0) is 10.4. The molecular weight excluding hydrogens is 188 g/mol. The number of rotatable bonds is 5. The van der Waals surface area contributed by atoms with Crippen LogP contribution >= 0.6 is 12.6 Å². The molecule has 76 valence electrons. The van der Waals surface area contributed by atoms with E-state index >= 15 is 0 Å². The Balaban J connectivity index is 3.68. The van der Waals surface area contributed by atoms with Gasteiger partial charge in [0, 0.05) is 13.0 Å². The standard InChI is InChI=1S/C8H16N2O2S/c1-5(2)7(13)8(12)10-4-3-6(9)11/h5,7,13H,3-4H2,1-2H3,(H2,9,11)(H,10,12). The summed E-state index contributed by atoms with van der Waals surface area (Å²) in [6, 6.07) is 0. The zero-order valence-electron chi connectivity index (χ0n) is 7.91. The van der Waals surface area contributed by atoms with Crippen LogP contribution in [0.15, 0.2) is 0 Å². The van der Waals surface area contributed by atoms with Crippen molar-refractivity contribution in [2.75, 3.05) is 6.54 Å². The van der Waals surface area contributed by atoms with Gasteiger partial charge >= 0.3 is 0 Å². The highest BCUT2D eigenvalue weighted by molar-refractivity contribution is 7.81. The number of amides is 2. The number of nitrogens with two attached hydrogens (primary N) is 1. The van der Waals surface area contributed by atoms with Gasteiger partial charge < -0.3 is 11.1 Å². The quantitative estimate of drug-likeness (QED) is 0.549. The number of carbonyl (C=O) groups excluding carboxylic acids is 2. The Morgan fingerprint density at radius 2 is 2.00 bits per heavy atom. The second-order valence-corrected chi connectivity index (χ2v) is 3.75. The highest BCUT2D eigenvalue weighted by Crippen LogP contribution is 2.08. The number of primary amides is 1. The van der Waals surface area contributed by atoms with Crippen molar-refractivity contribution in [3.8, 4) is 0 Å². The Hall–Kier alpha value is -0.710. The maximum Gasteiger partial charge on any atom is 0.233 e. The molecule has 0 radical (unpaired) electrons. The molecule has 5 heteroatoms. The van der Waals surface area contributed by atoms with E-state index in [4.69, 9.17) is 5.73 Å². The van der Waals surface area contributed by atoms with E-state index < -0.39 is 5.91 Å². The molecule has 0 rings (SSSR count). The maximum absolute atomic E-state index is 11.2. The van der Waals surface area contributed by atoms with Crippen LogP contribution in [0.3, 0.4) is 0 Å². The van der Waals surface area contributed by atoms with Crippen molar-refractivity contribution in [3.63, 3.8) is 0 Å². The molecule has 0 spiro atoms. The van der Waals surface area contributed by atoms with E-state index in [9.17, 15) is 9.59 Å². The lowest BCUT2D eigenvalue weighted by molar-refractivity contribution is -0.121. The van der Waals surface area contributed by atoms with Crippen LogP contribution in [0.2, 0.25) is 0 Å². The van der Waals surface area contributed by atoms with Crippen molar-refractivity contribution >= 4 is 24.4 Å². The Morgan fingerprint density at radius 1 is 1.46 bits per heavy atom. The highest BCUT2D eigenvalue weighted by atomic mass is 32.1. The molecule has 0 saturated carbocycles. The minimum Gasteiger partial charge on any atom is -0.370 e. The molecule has 0 aromatic heterocycles. The van der Waals surface area contributed by atoms with Gasteiger partial charge in [-0.2, -0.15) is 12.6 Å². The average Bonchev–Trinajstić information content (AvgIpc) is 2.02. The van der Waals surface area contributed by atoms with Crippen molar-refractivity contribution < 1.29 is 9.59 Å². The molecule has 2 amide bonds. The van der Waals surface area contributed by atoms with Gasteiger partial charge in [-0.05, 0) is 5.92 Å². The number of hydrogen-bond acceptors (Lipinski definition) is 3. The van der Waals surface area contributed by atoms with Gasteiger partial charge in [-0.3, -0.25) is 9.59 Å². The highest BCUT2D eigenvalue weighted by Gasteiger charge is 2.16. The first kappa shape index (κ1) is 12.3. The van der Waals surface area contributed by atoms with Crippen LogP contribution in [0.5, 0.6) is 0 Å². The third kappa shape index (κ3) is 5.52. The summed E-state index contributed by atoms with van der Waals surface area (Å²) in [6.07, 6.45) is 0.171. The number of carbonyl (C=O) groups is 2. The summed E-state index contributed by atoms with van der Waals surface area (Å²) in [7, 11) is 0. The fourth-order valence-corrected chi connectivity index (χ4v) is 0.808. The third-order valence-corrected chi connectivity index (χ3v) is 2.40. The summed E-state index contributed by atoms with van der Waals surface area (Å²) in [5, 5.41) is 2.25. The van der Waals surface area contributed by atoms with Crippen molar-refractivity contribution in [2.24, 2.45) is 11.7 Å². The van der Waals surface area contributed by atoms with Gasteiger partial charge in [0.2, 0.25) is 11.8 Å². The second-order valence-electron chi connectivity index (χ2n) is 3.20. The van der Waals surface area contributed by atoms with E-state index in [1.54, 1.807) is 0 Å². The Kier molecular flexibility index (Phi) is 5.53. The molecule has 0 aliphatic heterocycles. The fraction of sp³-hybridized carbons (Fsp3) is 0.750. The normalized spacial score (nSPS) is 12.6. The lowest BCUT2D eigenvalue weighted by Gasteiger charge is -2.13. The summed E-state index contributed by atoms with van der Waals surface area (Å²) in [6.45, 7) is 4.11. The topological polar surface area (TPSA) is 72.2 Å². The molecule has 0 saturated heterocycles. The summed E-state index contributed by atoms with van der Waals surface area (Å²) in [5.74, 6) is -0.392. The van der Waals surface area contributed by atoms with Gasteiger partial charge in [0.1, 0.15) is 0 Å². The van der Waals surface area contributed by atoms with Crippen LogP contribution in [0.25, 0.3) is 0 Å². The van der Waals surface area contributed by atoms with Crippen molar-refractivity contribution in [2.45, 2.75) is 25.5 Å². The van der Waals surface area contributed by atoms with Crippen molar-refractivity contribution in [1.82, 2.24) is 5.32 Å². The molecule has 0 aliphatic carbocycles. The van der Waals surface area contributed by atoms with Crippen LogP contribution in [0.1, 0.15) is 20.3 Å². The maximum atomic E-state index is 11.2. The minimum atomic E-state index is -0.416. The largest absolute Gasteiger partial charge is 0.370 e. The summed E-state index contributed by atoms with van der Waals surface area (Å²) in [4.78, 5) is 21.6. The van der Waals surface area contributed by atoms with Gasteiger partial charge in [0.25, 0.3) is 0 Å². The molecule has 1 atom stereocenters. The Bertz CT molecular complexity index is 195. The van der Waals surface area contributed by atoms with Crippen LogP contribution < -0.4 is 11.1 Å². The smallest absolute Gasteiger partial charge is 0.233 e. The molecule has 0 fully saturated rings. The molecule has 0 heterocycles. The van der Waals surface area contributed by atoms with E-state index in [-0.39, 0.29) is 30.0 Å². The first-order valence-electron chi connectivity index (χ1n) is 4.19. The van der Waals surface area contributed by atoms with Crippen LogP contribution in [0, 0.1) is 5.92 Å². The van der Waals surface area contributed by atoms with Crippen LogP contribution in [-0.2, 0) is 9.59 Å². The lowest BCUT2D eigenvalue weighted by atomic mass is 10.1. The molecular formula is C8H16N2O2S. The van der Waals surface area contributed by atoms with Crippen LogP contribution in [-0.4, -0.2) is 23.6 Å². The van der Waals surface area contributed by atoms with Gasteiger partial charge in [0.15, 0.2) is 0 Å². The molecule has 0 aromatic carbocycles. The van der Waals surface area contributed by atoms with E-state index in [0.717, 1.165) is 0 Å². The Morgan fingerprint density at radius 3 is 2.38 bits per heavy atom. The summed E-state index contributed by atoms with van der Waals surface area (Å²) >= 11 is 4.12. The molecule has 4 nitrogen and oxygen atoms in total.